The maximum atomic E-state index is 2.68. The molecular weight excluding hydrogens is 663 g/mol. The van der Waals surface area contributed by atoms with Crippen LogP contribution in [0.4, 0.5) is 11.4 Å². The van der Waals surface area contributed by atoms with Crippen molar-refractivity contribution in [3.05, 3.63) is 181 Å². The zero-order valence-electron chi connectivity index (χ0n) is 31.5. The van der Waals surface area contributed by atoms with Gasteiger partial charge in [-0.25, -0.2) is 0 Å². The largest absolute Gasteiger partial charge is 0.335 e. The molecule has 0 radical (unpaired) electrons. The molecule has 1 heterocycles. The molecule has 2 aliphatic rings. The smallest absolute Gasteiger partial charge is 0.0495 e. The van der Waals surface area contributed by atoms with Gasteiger partial charge in [0.2, 0.25) is 0 Å². The summed E-state index contributed by atoms with van der Waals surface area (Å²) in [5.41, 5.74) is 14.4. The van der Waals surface area contributed by atoms with Crippen LogP contribution < -0.4 is 4.90 Å². The van der Waals surface area contributed by atoms with Crippen LogP contribution >= 0.6 is 0 Å². The zero-order chi connectivity index (χ0) is 36.7. The predicted octanol–water partition coefficient (Wildman–Crippen LogP) is 15.1. The number of benzene rings is 9. The van der Waals surface area contributed by atoms with E-state index in [4.69, 9.17) is 0 Å². The molecule has 1 heteroatoms. The average molecular weight is 706 g/mol. The molecule has 0 saturated heterocycles. The molecule has 1 nitrogen and oxygen atoms in total. The Balaban J connectivity index is 1.22. The van der Waals surface area contributed by atoms with Crippen molar-refractivity contribution in [2.45, 2.75) is 44.6 Å². The van der Waals surface area contributed by atoms with Gasteiger partial charge >= 0.3 is 0 Å². The lowest BCUT2D eigenvalue weighted by Gasteiger charge is -2.46. The number of rotatable bonds is 5. The van der Waals surface area contributed by atoms with Gasteiger partial charge in [0.1, 0.15) is 0 Å². The van der Waals surface area contributed by atoms with E-state index in [1.54, 1.807) is 0 Å². The van der Waals surface area contributed by atoms with E-state index in [2.05, 4.69) is 195 Å². The molecule has 55 heavy (non-hydrogen) atoms. The normalized spacial score (nSPS) is 19.3. The standard InChI is InChI=1S/C54H43N/c1-35-23-29-50-49-31-39(24-30-51(49)55(54(50,2)34-35)40-21-13-6-14-22-40)48-33-47(38-19-11-5-12-20-38)43-26-25-41-45(36-15-7-3-8-16-36)32-46(37-17-9-4-10-18-37)42-27-28-44(48)53(43)52(41)42/h3-22,24-28,30-33,35,50H,23,29,34H2,1-2H3. The first-order chi connectivity index (χ1) is 27.1. The van der Waals surface area contributed by atoms with E-state index in [1.807, 2.05) is 0 Å². The van der Waals surface area contributed by atoms with E-state index in [0.717, 1.165) is 0 Å². The molecule has 264 valence electrons. The Kier molecular flexibility index (Phi) is 7.29. The Morgan fingerprint density at radius 3 is 1.36 bits per heavy atom. The van der Waals surface area contributed by atoms with E-state index < -0.39 is 0 Å². The Labute approximate surface area is 323 Å². The van der Waals surface area contributed by atoms with Crippen LogP contribution in [-0.2, 0) is 0 Å². The molecule has 1 fully saturated rings. The summed E-state index contributed by atoms with van der Waals surface area (Å²) in [7, 11) is 0. The average Bonchev–Trinajstić information content (AvgIpc) is 3.50. The molecule has 0 bridgehead atoms. The van der Waals surface area contributed by atoms with E-state index in [9.17, 15) is 0 Å². The number of hydrogen-bond donors (Lipinski definition) is 0. The quantitative estimate of drug-likeness (QED) is 0.161. The second-order valence-corrected chi connectivity index (χ2v) is 16.4. The van der Waals surface area contributed by atoms with Gasteiger partial charge < -0.3 is 4.90 Å². The van der Waals surface area contributed by atoms with Crippen molar-refractivity contribution in [3.8, 4) is 44.5 Å². The fourth-order valence-electron chi connectivity index (χ4n) is 10.7. The third kappa shape index (κ3) is 4.92. The van der Waals surface area contributed by atoms with Gasteiger partial charge in [0, 0.05) is 22.8 Å². The van der Waals surface area contributed by atoms with Crippen molar-refractivity contribution >= 4 is 43.7 Å². The highest BCUT2D eigenvalue weighted by molar-refractivity contribution is 6.32. The van der Waals surface area contributed by atoms with Crippen molar-refractivity contribution in [1.82, 2.24) is 0 Å². The number of para-hydroxylation sites is 1. The summed E-state index contributed by atoms with van der Waals surface area (Å²) in [6, 6.07) is 65.9. The lowest BCUT2D eigenvalue weighted by atomic mass is 9.69. The van der Waals surface area contributed by atoms with Crippen molar-refractivity contribution in [2.75, 3.05) is 4.90 Å². The predicted molar refractivity (Wildman–Crippen MR) is 235 cm³/mol. The molecule has 1 saturated carbocycles. The number of anilines is 2. The zero-order valence-corrected chi connectivity index (χ0v) is 31.5. The highest BCUT2D eigenvalue weighted by Gasteiger charge is 2.51. The SMILES string of the molecule is CC1CCC2c3cc(-c4cc(-c5ccccc5)c5ccc6c(-c7ccccc7)cc(-c7ccccc7)c7ccc4c5c67)ccc3N(c3ccccc3)C2(C)C1. The summed E-state index contributed by atoms with van der Waals surface area (Å²) < 4.78 is 0. The summed E-state index contributed by atoms with van der Waals surface area (Å²) in [6.45, 7) is 4.97. The van der Waals surface area contributed by atoms with Crippen LogP contribution in [0.15, 0.2) is 176 Å². The molecule has 11 rings (SSSR count). The summed E-state index contributed by atoms with van der Waals surface area (Å²) >= 11 is 0. The van der Waals surface area contributed by atoms with E-state index in [-0.39, 0.29) is 5.54 Å². The Morgan fingerprint density at radius 2 is 0.891 bits per heavy atom. The van der Waals surface area contributed by atoms with Gasteiger partial charge in [-0.15, -0.1) is 0 Å². The maximum Gasteiger partial charge on any atom is 0.0495 e. The summed E-state index contributed by atoms with van der Waals surface area (Å²) in [5.74, 6) is 1.18. The molecule has 9 aromatic rings. The molecule has 1 aliphatic carbocycles. The van der Waals surface area contributed by atoms with Crippen molar-refractivity contribution in [2.24, 2.45) is 5.92 Å². The maximum absolute atomic E-state index is 2.68. The van der Waals surface area contributed by atoms with Gasteiger partial charge in [-0.05, 0) is 151 Å². The minimum absolute atomic E-state index is 0.0412. The van der Waals surface area contributed by atoms with Gasteiger partial charge in [0.15, 0.2) is 0 Å². The molecular formula is C54H43N. The minimum atomic E-state index is 0.0412. The van der Waals surface area contributed by atoms with Crippen LogP contribution in [0, 0.1) is 5.92 Å². The molecule has 3 unspecified atom stereocenters. The molecule has 0 N–H and O–H groups in total. The van der Waals surface area contributed by atoms with Crippen molar-refractivity contribution in [3.63, 3.8) is 0 Å². The Hall–Kier alpha value is -6.18. The molecule has 3 atom stereocenters. The molecule has 9 aromatic carbocycles. The van der Waals surface area contributed by atoms with E-state index in [0.29, 0.717) is 11.8 Å². The van der Waals surface area contributed by atoms with Crippen LogP contribution in [-0.4, -0.2) is 5.54 Å². The van der Waals surface area contributed by atoms with E-state index in [1.165, 1.54) is 113 Å². The van der Waals surface area contributed by atoms with Gasteiger partial charge in [0.05, 0.1) is 0 Å². The third-order valence-electron chi connectivity index (χ3n) is 13.1. The Bertz CT molecular complexity index is 2800. The molecule has 0 amide bonds. The fourth-order valence-corrected chi connectivity index (χ4v) is 10.7. The molecule has 0 aromatic heterocycles. The van der Waals surface area contributed by atoms with Crippen LogP contribution in [0.3, 0.4) is 0 Å². The van der Waals surface area contributed by atoms with Crippen LogP contribution in [0.1, 0.15) is 44.6 Å². The molecule has 0 spiro atoms. The third-order valence-corrected chi connectivity index (χ3v) is 13.1. The Morgan fingerprint density at radius 1 is 0.455 bits per heavy atom. The fraction of sp³-hybridized carbons (Fsp3) is 0.148. The first-order valence-corrected chi connectivity index (χ1v) is 20.0. The van der Waals surface area contributed by atoms with Crippen molar-refractivity contribution < 1.29 is 0 Å². The van der Waals surface area contributed by atoms with Crippen LogP contribution in [0.25, 0.3) is 76.8 Å². The highest BCUT2D eigenvalue weighted by Crippen LogP contribution is 2.59. The van der Waals surface area contributed by atoms with Crippen LogP contribution in [0.5, 0.6) is 0 Å². The monoisotopic (exact) mass is 705 g/mol. The molecule has 1 aliphatic heterocycles. The number of hydrogen-bond acceptors (Lipinski definition) is 1. The van der Waals surface area contributed by atoms with Gasteiger partial charge in [-0.1, -0.05) is 146 Å². The lowest BCUT2D eigenvalue weighted by Crippen LogP contribution is -2.47. The van der Waals surface area contributed by atoms with Crippen LogP contribution in [0.2, 0.25) is 0 Å². The minimum Gasteiger partial charge on any atom is -0.335 e. The van der Waals surface area contributed by atoms with E-state index >= 15 is 0 Å². The van der Waals surface area contributed by atoms with Gasteiger partial charge in [0.25, 0.3) is 0 Å². The highest BCUT2D eigenvalue weighted by atomic mass is 15.2. The topological polar surface area (TPSA) is 3.24 Å². The first-order valence-electron chi connectivity index (χ1n) is 20.0. The van der Waals surface area contributed by atoms with Gasteiger partial charge in [-0.3, -0.25) is 0 Å². The van der Waals surface area contributed by atoms with Gasteiger partial charge in [-0.2, -0.15) is 0 Å². The number of fused-ring (bicyclic) bond motifs is 3. The van der Waals surface area contributed by atoms with Crippen molar-refractivity contribution in [1.29, 1.82) is 0 Å². The summed E-state index contributed by atoms with van der Waals surface area (Å²) in [6.07, 6.45) is 3.69. The second kappa shape index (κ2) is 12.4. The second-order valence-electron chi connectivity index (χ2n) is 16.4. The lowest BCUT2D eigenvalue weighted by molar-refractivity contribution is 0.232. The number of nitrogens with zero attached hydrogens (tertiary/aromatic N) is 1. The first kappa shape index (κ1) is 32.3. The summed E-state index contributed by atoms with van der Waals surface area (Å²) in [5, 5.41) is 7.92. The summed E-state index contributed by atoms with van der Waals surface area (Å²) in [4.78, 5) is 2.68.